The molecule has 4 aromatic carbocycles. The summed E-state index contributed by atoms with van der Waals surface area (Å²) in [6, 6.07) is 15.5. The smallest absolute Gasteiger partial charge is 0.193 e. The van der Waals surface area contributed by atoms with E-state index in [0.717, 1.165) is 17.6 Å². The van der Waals surface area contributed by atoms with Crippen LogP contribution in [0.4, 0.5) is 28.4 Å². The first-order valence-electron chi connectivity index (χ1n) is 12.9. The molecule has 46 heavy (non-hydrogen) atoms. The van der Waals surface area contributed by atoms with Crippen LogP contribution in [0.3, 0.4) is 0 Å². The molecular weight excluding hydrogens is 667 g/mol. The highest BCUT2D eigenvalue weighted by Crippen LogP contribution is 2.48. The number of fused-ring (bicyclic) bond motifs is 1. The van der Waals surface area contributed by atoms with E-state index in [0.29, 0.717) is 61.8 Å². The van der Waals surface area contributed by atoms with Gasteiger partial charge in [-0.2, -0.15) is 9.45 Å². The zero-order chi connectivity index (χ0) is 33.1. The molecule has 0 aliphatic carbocycles. The average Bonchev–Trinajstić information content (AvgIpc) is 3.04. The fourth-order valence-corrected chi connectivity index (χ4v) is 5.18. The number of nitrogen functional groups attached to an aromatic ring is 1. The number of nitrogens with two attached hydrogens (primary N) is 1. The Kier molecular flexibility index (Phi) is 13.2. The number of phenols is 1. The van der Waals surface area contributed by atoms with Gasteiger partial charge in [-0.1, -0.05) is 27.8 Å². The van der Waals surface area contributed by atoms with E-state index in [4.69, 9.17) is 30.2 Å². The van der Waals surface area contributed by atoms with Crippen molar-refractivity contribution in [3.05, 3.63) is 65.7 Å². The molecule has 1 atom stereocenters. The fraction of sp³-hybridized carbons (Fsp3) is 0.185. The van der Waals surface area contributed by atoms with E-state index >= 15 is 0 Å². The van der Waals surface area contributed by atoms with Gasteiger partial charge in [0.05, 0.1) is 59.8 Å². The van der Waals surface area contributed by atoms with Crippen LogP contribution in [-0.4, -0.2) is 39.3 Å². The first-order valence-corrected chi connectivity index (χ1v) is 15.6. The number of ether oxygens (including phenoxy) is 1. The highest BCUT2D eigenvalue weighted by Gasteiger charge is 2.19. The van der Waals surface area contributed by atoms with Crippen molar-refractivity contribution in [2.45, 2.75) is 23.6 Å². The van der Waals surface area contributed by atoms with E-state index in [1.54, 1.807) is 37.3 Å². The molecule has 0 radical (unpaired) electrons. The Morgan fingerprint density at radius 1 is 0.848 bits per heavy atom. The molecule has 1 unspecified atom stereocenters. The third-order valence-corrected chi connectivity index (χ3v) is 8.15. The minimum absolute atomic E-state index is 0.0106. The van der Waals surface area contributed by atoms with Crippen LogP contribution < -0.4 is 10.5 Å². The van der Waals surface area contributed by atoms with Crippen molar-refractivity contribution in [2.75, 3.05) is 25.2 Å². The maximum atomic E-state index is 11.3. The molecule has 0 spiro atoms. The predicted molar refractivity (Wildman–Crippen MR) is 169 cm³/mol. The van der Waals surface area contributed by atoms with Crippen molar-refractivity contribution in [3.8, 4) is 11.5 Å². The van der Waals surface area contributed by atoms with Gasteiger partial charge in [-0.15, -0.1) is 24.0 Å². The number of aryl methyl sites for hydroxylation is 2. The number of anilines is 1. The number of azo groups is 2. The first-order chi connectivity index (χ1) is 22.2. The maximum absolute atomic E-state index is 11.3. The van der Waals surface area contributed by atoms with Crippen LogP contribution in [0.5, 0.6) is 11.5 Å². The molecule has 0 aliphatic rings. The quantitative estimate of drug-likeness (QED) is 0.0218. The number of phenolic OH excluding ortho intramolecular Hbond substituents is 1. The van der Waals surface area contributed by atoms with Gasteiger partial charge < -0.3 is 15.6 Å². The van der Waals surface area contributed by atoms with Gasteiger partial charge in [0, 0.05) is 15.7 Å². The summed E-state index contributed by atoms with van der Waals surface area (Å²) in [5, 5.41) is 53.3. The number of rotatable bonds is 16. The summed E-state index contributed by atoms with van der Waals surface area (Å²) in [6.07, 6.45) is 0. The average molecular weight is 694 g/mol. The molecule has 244 valence electrons. The van der Waals surface area contributed by atoms with Gasteiger partial charge >= 0.3 is 0 Å². The number of hydrogen-bond acceptors (Lipinski definition) is 18. The predicted octanol–water partition coefficient (Wildman–Crippen LogP) is 8.05. The molecule has 0 bridgehead atoms. The van der Waals surface area contributed by atoms with Gasteiger partial charge in [0.15, 0.2) is 16.8 Å². The third kappa shape index (κ3) is 9.18. The monoisotopic (exact) mass is 693 g/mol. The Morgan fingerprint density at radius 3 is 2.30 bits per heavy atom. The summed E-state index contributed by atoms with van der Waals surface area (Å²) in [5.41, 5.74) is 9.51. The second kappa shape index (κ2) is 17.3. The van der Waals surface area contributed by atoms with Gasteiger partial charge in [0.2, 0.25) is 0 Å². The van der Waals surface area contributed by atoms with Gasteiger partial charge in [-0.3, -0.25) is 0 Å². The van der Waals surface area contributed by atoms with Crippen LogP contribution >= 0.6 is 24.1 Å². The third-order valence-electron chi connectivity index (χ3n) is 6.04. The second-order valence-electron chi connectivity index (χ2n) is 9.05. The Morgan fingerprint density at radius 2 is 1.59 bits per heavy atom. The lowest BCUT2D eigenvalue weighted by atomic mass is 10.1. The highest BCUT2D eigenvalue weighted by molar-refractivity contribution is 7.95. The zero-order valence-electron chi connectivity index (χ0n) is 24.3. The molecule has 4 aromatic rings. The summed E-state index contributed by atoms with van der Waals surface area (Å²) in [5.74, 6) is -0.0831. The molecule has 16 nitrogen and oxygen atoms in total. The number of benzene rings is 4. The normalized spacial score (nSPS) is 12.5. The summed E-state index contributed by atoms with van der Waals surface area (Å²) in [7, 11) is 1.44. The Hall–Kier alpha value is -3.73. The lowest BCUT2D eigenvalue weighted by Crippen LogP contribution is -2.07. The minimum Gasteiger partial charge on any atom is -0.505 e. The van der Waals surface area contributed by atoms with Crippen LogP contribution in [0.15, 0.2) is 84.8 Å². The van der Waals surface area contributed by atoms with Crippen molar-refractivity contribution in [3.63, 3.8) is 0 Å². The zero-order valence-corrected chi connectivity index (χ0v) is 26.8. The largest absolute Gasteiger partial charge is 0.505 e. The van der Waals surface area contributed by atoms with Crippen LogP contribution in [0.1, 0.15) is 11.1 Å². The van der Waals surface area contributed by atoms with E-state index in [1.807, 2.05) is 31.2 Å². The lowest BCUT2D eigenvalue weighted by Gasteiger charge is -2.12. The van der Waals surface area contributed by atoms with Crippen molar-refractivity contribution in [1.82, 2.24) is 0 Å². The van der Waals surface area contributed by atoms with E-state index in [9.17, 15) is 9.32 Å². The molecule has 0 aliphatic heterocycles. The number of nitrogens with zero attached hydrogens (tertiary/aromatic N) is 4. The first kappa shape index (κ1) is 35.1. The van der Waals surface area contributed by atoms with Crippen LogP contribution in [0.2, 0.25) is 0 Å². The molecular formula is C27H27N5O11S3. The summed E-state index contributed by atoms with van der Waals surface area (Å²) in [4.78, 5) is 5.76. The Bertz CT molecular complexity index is 1740. The van der Waals surface area contributed by atoms with Gasteiger partial charge in [-0.25, -0.2) is 19.6 Å². The summed E-state index contributed by atoms with van der Waals surface area (Å²) in [6.45, 7) is 3.63. The number of hydrogen-bond donors (Lipinski definition) is 4. The SMILES string of the molecule is COc1cc(SOOCCS(=O)OOO)c(C)cc1N=Nc1c(SOOO)cc2c(N=Nc3ccc(C)cc3)c(N)ccc2c1O. The molecule has 0 heterocycles. The molecule has 0 fully saturated rings. The second-order valence-corrected chi connectivity index (χ2v) is 11.7. The topological polar surface area (TPSA) is 218 Å². The molecule has 5 N–H and O–H groups in total. The Labute approximate surface area is 272 Å². The standard InChI is InChI=1S/C27H27N5O11S3/c1-15-4-6-17(7-5-15)29-31-25-19-13-24(45-42-39-34)26(27(33)18(19)8-9-20(25)28)32-30-21-12-16(2)23(14-22(21)37-3)44-41-38-10-11-46(36)43-40-35/h4-9,12-14,33-35H,10-11,28H2,1-3H3. The maximum Gasteiger partial charge on any atom is 0.193 e. The van der Waals surface area contributed by atoms with Crippen molar-refractivity contribution < 1.29 is 52.5 Å². The number of aromatic hydroxyl groups is 1. The lowest BCUT2D eigenvalue weighted by molar-refractivity contribution is -0.435. The molecule has 19 heteroatoms. The summed E-state index contributed by atoms with van der Waals surface area (Å²) < 4.78 is 30.5. The van der Waals surface area contributed by atoms with Gasteiger partial charge in [0.1, 0.15) is 22.8 Å². The van der Waals surface area contributed by atoms with Gasteiger partial charge in [0.25, 0.3) is 0 Å². The van der Waals surface area contributed by atoms with E-state index < -0.39 is 11.1 Å². The molecule has 4 rings (SSSR count). The molecule has 0 saturated carbocycles. The molecule has 0 saturated heterocycles. The minimum atomic E-state index is -1.91. The van der Waals surface area contributed by atoms with Crippen LogP contribution in [0, 0.1) is 13.8 Å². The van der Waals surface area contributed by atoms with Crippen molar-refractivity contribution in [1.29, 1.82) is 0 Å². The van der Waals surface area contributed by atoms with Gasteiger partial charge in [-0.05, 0) is 61.9 Å². The van der Waals surface area contributed by atoms with E-state index in [-0.39, 0.29) is 28.7 Å². The van der Waals surface area contributed by atoms with E-state index in [1.165, 1.54) is 7.11 Å². The Balaban J connectivity index is 1.63. The van der Waals surface area contributed by atoms with Crippen LogP contribution in [-0.2, 0) is 39.0 Å². The van der Waals surface area contributed by atoms with Crippen molar-refractivity contribution >= 4 is 74.4 Å². The fourth-order valence-electron chi connectivity index (χ4n) is 3.82. The summed E-state index contributed by atoms with van der Waals surface area (Å²) >= 11 is -0.483. The highest BCUT2D eigenvalue weighted by atomic mass is 32.2. The molecule has 0 aromatic heterocycles. The molecule has 0 amide bonds. The van der Waals surface area contributed by atoms with Crippen LogP contribution in [0.25, 0.3) is 10.8 Å². The van der Waals surface area contributed by atoms with E-state index in [2.05, 4.69) is 39.2 Å². The number of methoxy groups -OCH3 is 1. The van der Waals surface area contributed by atoms with Crippen molar-refractivity contribution in [2.24, 2.45) is 20.5 Å².